The van der Waals surface area contributed by atoms with E-state index in [4.69, 9.17) is 4.74 Å². The van der Waals surface area contributed by atoms with Crippen molar-refractivity contribution in [3.8, 4) is 0 Å². The Hall–Kier alpha value is -2.05. The van der Waals surface area contributed by atoms with Crippen molar-refractivity contribution in [3.63, 3.8) is 0 Å². The minimum absolute atomic E-state index is 0.00592. The molecule has 1 atom stereocenters. The Morgan fingerprint density at radius 1 is 1.42 bits per heavy atom. The molecule has 128 valence electrons. The number of morpholine rings is 1. The van der Waals surface area contributed by atoms with Crippen molar-refractivity contribution in [1.82, 2.24) is 20.5 Å². The van der Waals surface area contributed by atoms with Crippen LogP contribution in [-0.2, 0) is 17.6 Å². The van der Waals surface area contributed by atoms with E-state index >= 15 is 0 Å². The highest BCUT2D eigenvalue weighted by atomic mass is 16.5. The van der Waals surface area contributed by atoms with Crippen LogP contribution in [0.3, 0.4) is 0 Å². The van der Waals surface area contributed by atoms with Gasteiger partial charge < -0.3 is 10.1 Å². The maximum Gasteiger partial charge on any atom is 0.187 e. The molecule has 1 saturated heterocycles. The van der Waals surface area contributed by atoms with E-state index in [9.17, 15) is 4.79 Å². The maximum atomic E-state index is 12.4. The fourth-order valence-electron chi connectivity index (χ4n) is 2.81. The van der Waals surface area contributed by atoms with Gasteiger partial charge in [-0.1, -0.05) is 19.9 Å². The molecule has 0 aliphatic carbocycles. The summed E-state index contributed by atoms with van der Waals surface area (Å²) in [5.41, 5.74) is 3.29. The molecule has 2 aromatic heterocycles. The van der Waals surface area contributed by atoms with Crippen LogP contribution >= 0.6 is 0 Å². The summed E-state index contributed by atoms with van der Waals surface area (Å²) in [7, 11) is 0. The Morgan fingerprint density at radius 2 is 2.29 bits per heavy atom. The molecule has 0 radical (unpaired) electrons. The summed E-state index contributed by atoms with van der Waals surface area (Å²) >= 11 is 0. The Kier molecular flexibility index (Phi) is 5.37. The van der Waals surface area contributed by atoms with Gasteiger partial charge in [0.2, 0.25) is 0 Å². The second kappa shape index (κ2) is 7.68. The first-order chi connectivity index (χ1) is 11.6. The Labute approximate surface area is 142 Å². The van der Waals surface area contributed by atoms with Crippen LogP contribution in [0.25, 0.3) is 0 Å². The molecule has 0 spiro atoms. The van der Waals surface area contributed by atoms with Gasteiger partial charge in [0.05, 0.1) is 12.3 Å². The average Bonchev–Trinajstić information content (AvgIpc) is 3.04. The first-order valence-corrected chi connectivity index (χ1v) is 8.46. The lowest BCUT2D eigenvalue weighted by molar-refractivity contribution is 0.0250. The lowest BCUT2D eigenvalue weighted by atomic mass is 10.1. The summed E-state index contributed by atoms with van der Waals surface area (Å²) < 4.78 is 5.68. The minimum Gasteiger partial charge on any atom is -0.369 e. The molecule has 1 fully saturated rings. The van der Waals surface area contributed by atoms with Gasteiger partial charge in [0.15, 0.2) is 5.78 Å². The van der Waals surface area contributed by atoms with E-state index in [-0.39, 0.29) is 11.9 Å². The van der Waals surface area contributed by atoms with E-state index in [2.05, 4.69) is 34.3 Å². The number of aromatic amines is 1. The smallest absolute Gasteiger partial charge is 0.187 e. The lowest BCUT2D eigenvalue weighted by Crippen LogP contribution is -2.33. The summed E-state index contributed by atoms with van der Waals surface area (Å²) in [6, 6.07) is 5.74. The molecule has 3 heterocycles. The number of pyridine rings is 1. The second-order valence-corrected chi connectivity index (χ2v) is 6.63. The van der Waals surface area contributed by atoms with Crippen molar-refractivity contribution in [1.29, 1.82) is 0 Å². The van der Waals surface area contributed by atoms with Crippen LogP contribution in [-0.4, -0.2) is 40.7 Å². The van der Waals surface area contributed by atoms with Crippen LogP contribution in [0.2, 0.25) is 0 Å². The molecule has 0 unspecified atom stereocenters. The van der Waals surface area contributed by atoms with Gasteiger partial charge in [0.25, 0.3) is 0 Å². The van der Waals surface area contributed by atoms with E-state index < -0.39 is 0 Å². The molecular weight excluding hydrogens is 304 g/mol. The van der Waals surface area contributed by atoms with Crippen molar-refractivity contribution < 1.29 is 9.53 Å². The first-order valence-electron chi connectivity index (χ1n) is 8.46. The van der Waals surface area contributed by atoms with Crippen molar-refractivity contribution in [2.45, 2.75) is 32.8 Å². The molecule has 6 nitrogen and oxygen atoms in total. The fourth-order valence-corrected chi connectivity index (χ4v) is 2.81. The number of ketones is 1. The molecule has 6 heteroatoms. The van der Waals surface area contributed by atoms with E-state index in [1.165, 1.54) is 0 Å². The van der Waals surface area contributed by atoms with Crippen molar-refractivity contribution in [3.05, 3.63) is 47.0 Å². The molecule has 1 aliphatic rings. The van der Waals surface area contributed by atoms with Crippen molar-refractivity contribution in [2.75, 3.05) is 19.7 Å². The largest absolute Gasteiger partial charge is 0.369 e. The third-order valence-corrected chi connectivity index (χ3v) is 4.01. The van der Waals surface area contributed by atoms with Crippen LogP contribution < -0.4 is 5.32 Å². The highest BCUT2D eigenvalue weighted by Gasteiger charge is 2.17. The Bertz CT molecular complexity index is 673. The topological polar surface area (TPSA) is 79.9 Å². The number of rotatable bonds is 6. The zero-order valence-corrected chi connectivity index (χ0v) is 14.2. The number of aromatic nitrogens is 3. The van der Waals surface area contributed by atoms with Gasteiger partial charge >= 0.3 is 0 Å². The molecule has 0 amide bonds. The molecule has 0 saturated carbocycles. The summed E-state index contributed by atoms with van der Waals surface area (Å²) in [5, 5.41) is 10.4. The number of Topliss-reactive ketones (excluding diaryl/α,β-unsaturated/α-hetero) is 1. The summed E-state index contributed by atoms with van der Waals surface area (Å²) in [5.74, 6) is 0.535. The Balaban J connectivity index is 1.60. The van der Waals surface area contributed by atoms with E-state index in [0.29, 0.717) is 24.6 Å². The number of carbonyl (C=O) groups excluding carboxylic acids is 1. The molecule has 1 aliphatic heterocycles. The molecule has 24 heavy (non-hydrogen) atoms. The monoisotopic (exact) mass is 328 g/mol. The van der Waals surface area contributed by atoms with Crippen LogP contribution in [0.15, 0.2) is 24.4 Å². The molecule has 0 bridgehead atoms. The summed E-state index contributed by atoms with van der Waals surface area (Å²) in [4.78, 5) is 16.8. The SMILES string of the molecule is CC(C)Cc1cc(C(=O)Cc2ccc([C@@H]3CNCCO3)nc2)n[nH]1. The van der Waals surface area contributed by atoms with Gasteiger partial charge in [0.1, 0.15) is 11.8 Å². The molecular formula is C18H24N4O2. The molecule has 2 aromatic rings. The fraction of sp³-hybridized carbons (Fsp3) is 0.500. The number of hydrogen-bond donors (Lipinski definition) is 2. The highest BCUT2D eigenvalue weighted by Crippen LogP contribution is 2.17. The summed E-state index contributed by atoms with van der Waals surface area (Å²) in [6.45, 7) is 6.63. The van der Waals surface area contributed by atoms with Gasteiger partial charge in [-0.15, -0.1) is 0 Å². The highest BCUT2D eigenvalue weighted by molar-refractivity contribution is 5.95. The van der Waals surface area contributed by atoms with Gasteiger partial charge in [-0.25, -0.2) is 0 Å². The lowest BCUT2D eigenvalue weighted by Gasteiger charge is -2.23. The van der Waals surface area contributed by atoms with Gasteiger partial charge in [0, 0.05) is 31.4 Å². The van der Waals surface area contributed by atoms with E-state index in [0.717, 1.165) is 36.5 Å². The number of H-pyrrole nitrogens is 1. The first kappa shape index (κ1) is 16.8. The zero-order chi connectivity index (χ0) is 16.9. The number of nitrogens with zero attached hydrogens (tertiary/aromatic N) is 2. The van der Waals surface area contributed by atoms with Crippen LogP contribution in [0, 0.1) is 5.92 Å². The molecule has 3 rings (SSSR count). The predicted molar refractivity (Wildman–Crippen MR) is 91.0 cm³/mol. The Morgan fingerprint density at radius 3 is 2.96 bits per heavy atom. The number of carbonyl (C=O) groups is 1. The average molecular weight is 328 g/mol. The van der Waals surface area contributed by atoms with Crippen molar-refractivity contribution in [2.24, 2.45) is 5.92 Å². The standard InChI is InChI=1S/C18H24N4O2/c1-12(2)7-14-9-16(22-21-14)17(23)8-13-3-4-15(20-10-13)18-11-19-5-6-24-18/h3-4,9-10,12,18-19H,5-8,11H2,1-2H3,(H,21,22)/t18-/m0/s1. The van der Waals surface area contributed by atoms with Gasteiger partial charge in [-0.2, -0.15) is 5.10 Å². The number of hydrogen-bond acceptors (Lipinski definition) is 5. The normalized spacial score (nSPS) is 18.0. The molecule has 0 aromatic carbocycles. The van der Waals surface area contributed by atoms with E-state index in [1.807, 2.05) is 18.2 Å². The van der Waals surface area contributed by atoms with E-state index in [1.54, 1.807) is 6.20 Å². The van der Waals surface area contributed by atoms with Crippen LogP contribution in [0.1, 0.15) is 47.4 Å². The predicted octanol–water partition coefficient (Wildman–Crippen LogP) is 2.09. The minimum atomic E-state index is -0.00608. The number of nitrogens with one attached hydrogen (secondary N) is 2. The van der Waals surface area contributed by atoms with Gasteiger partial charge in [-0.05, 0) is 30.0 Å². The van der Waals surface area contributed by atoms with Crippen molar-refractivity contribution >= 4 is 5.78 Å². The number of ether oxygens (including phenoxy) is 1. The zero-order valence-electron chi connectivity index (χ0n) is 14.2. The third kappa shape index (κ3) is 4.27. The van der Waals surface area contributed by atoms with Crippen LogP contribution in [0.5, 0.6) is 0 Å². The second-order valence-electron chi connectivity index (χ2n) is 6.63. The summed E-state index contributed by atoms with van der Waals surface area (Å²) in [6.07, 6.45) is 2.95. The maximum absolute atomic E-state index is 12.4. The van der Waals surface area contributed by atoms with Gasteiger partial charge in [-0.3, -0.25) is 14.9 Å². The van der Waals surface area contributed by atoms with Crippen LogP contribution in [0.4, 0.5) is 0 Å². The molecule has 2 N–H and O–H groups in total. The third-order valence-electron chi connectivity index (χ3n) is 4.01. The quantitative estimate of drug-likeness (QED) is 0.794.